The van der Waals surface area contributed by atoms with Gasteiger partial charge in [-0.15, -0.1) is 0 Å². The van der Waals surface area contributed by atoms with E-state index in [-0.39, 0.29) is 0 Å². The molecule has 0 amide bonds. The van der Waals surface area contributed by atoms with Crippen LogP contribution < -0.4 is 0 Å². The second kappa shape index (κ2) is 3.40. The van der Waals surface area contributed by atoms with Crippen molar-refractivity contribution in [3.63, 3.8) is 0 Å². The molecule has 2 unspecified atom stereocenters. The Labute approximate surface area is 70.1 Å². The summed E-state index contributed by atoms with van der Waals surface area (Å²) >= 11 is 0. The molecule has 1 rings (SSSR count). The summed E-state index contributed by atoms with van der Waals surface area (Å²) < 4.78 is 0. The molecule has 0 spiro atoms. The smallest absolute Gasteiger partial charge is 0.00440 e. The number of hydrogen-bond donors (Lipinski definition) is 0. The maximum Gasteiger partial charge on any atom is 0.00440 e. The number of nitrogens with zero attached hydrogens (tertiary/aromatic N) is 1. The molecule has 1 saturated heterocycles. The second-order valence-electron chi connectivity index (χ2n) is 4.11. The molecular weight excluding hydrogens is 134 g/mol. The Balaban J connectivity index is 2.49. The molecule has 1 fully saturated rings. The van der Waals surface area contributed by atoms with Gasteiger partial charge in [0.1, 0.15) is 0 Å². The Morgan fingerprint density at radius 2 is 2.09 bits per heavy atom. The Morgan fingerprint density at radius 3 is 2.55 bits per heavy atom. The van der Waals surface area contributed by atoms with Crippen LogP contribution >= 0.6 is 0 Å². The number of piperidine rings is 1. The van der Waals surface area contributed by atoms with Gasteiger partial charge in [0.25, 0.3) is 0 Å². The summed E-state index contributed by atoms with van der Waals surface area (Å²) in [5.41, 5.74) is 1.35. The zero-order valence-electron chi connectivity index (χ0n) is 7.93. The molecule has 1 aliphatic rings. The number of likely N-dealkylation sites (tertiary alicyclic amines) is 1. The fourth-order valence-corrected chi connectivity index (χ4v) is 1.97. The molecule has 0 aromatic carbocycles. The van der Waals surface area contributed by atoms with E-state index in [1.165, 1.54) is 25.1 Å². The molecule has 0 saturated carbocycles. The van der Waals surface area contributed by atoms with Crippen LogP contribution in [0.25, 0.3) is 0 Å². The lowest BCUT2D eigenvalue weighted by molar-refractivity contribution is 0.179. The van der Waals surface area contributed by atoms with E-state index >= 15 is 0 Å². The van der Waals surface area contributed by atoms with Crippen LogP contribution in [0.5, 0.6) is 0 Å². The summed E-state index contributed by atoms with van der Waals surface area (Å²) in [7, 11) is 2.20. The van der Waals surface area contributed by atoms with Crippen molar-refractivity contribution in [3.8, 4) is 0 Å². The van der Waals surface area contributed by atoms with Gasteiger partial charge in [-0.2, -0.15) is 0 Å². The molecule has 0 aromatic rings. The van der Waals surface area contributed by atoms with Crippen LogP contribution in [0, 0.1) is 11.8 Å². The first-order valence-corrected chi connectivity index (χ1v) is 4.43. The minimum absolute atomic E-state index is 0.740. The summed E-state index contributed by atoms with van der Waals surface area (Å²) in [6.07, 6.45) is 1.33. The first-order valence-electron chi connectivity index (χ1n) is 4.43. The van der Waals surface area contributed by atoms with Gasteiger partial charge < -0.3 is 4.90 Å². The minimum Gasteiger partial charge on any atom is -0.306 e. The zero-order chi connectivity index (χ0) is 8.43. The van der Waals surface area contributed by atoms with Crippen molar-refractivity contribution in [2.45, 2.75) is 20.3 Å². The molecule has 0 aliphatic carbocycles. The lowest BCUT2D eigenvalue weighted by atomic mass is 9.87. The number of hydrogen-bond acceptors (Lipinski definition) is 1. The Kier molecular flexibility index (Phi) is 2.72. The first kappa shape index (κ1) is 8.79. The van der Waals surface area contributed by atoms with E-state index in [2.05, 4.69) is 32.4 Å². The molecule has 11 heavy (non-hydrogen) atoms. The maximum absolute atomic E-state index is 4.02. The van der Waals surface area contributed by atoms with Gasteiger partial charge in [-0.05, 0) is 32.2 Å². The van der Waals surface area contributed by atoms with E-state index in [0.29, 0.717) is 0 Å². The van der Waals surface area contributed by atoms with Crippen LogP contribution in [0.4, 0.5) is 0 Å². The van der Waals surface area contributed by atoms with Crippen LogP contribution in [0.3, 0.4) is 0 Å². The van der Waals surface area contributed by atoms with E-state index in [0.717, 1.165) is 11.8 Å². The molecule has 1 heterocycles. The molecular formula is C10H19N. The van der Waals surface area contributed by atoms with Crippen LogP contribution in [-0.4, -0.2) is 25.0 Å². The number of rotatable bonds is 1. The predicted molar refractivity (Wildman–Crippen MR) is 49.6 cm³/mol. The van der Waals surface area contributed by atoms with Gasteiger partial charge in [0.2, 0.25) is 0 Å². The highest BCUT2D eigenvalue weighted by atomic mass is 15.1. The molecule has 0 N–H and O–H groups in total. The Bertz CT molecular complexity index is 141. The third-order valence-corrected chi connectivity index (χ3v) is 2.54. The fourth-order valence-electron chi connectivity index (χ4n) is 1.97. The summed E-state index contributed by atoms with van der Waals surface area (Å²) in [5.74, 6) is 1.58. The Morgan fingerprint density at radius 1 is 1.45 bits per heavy atom. The maximum atomic E-state index is 4.02. The molecule has 2 atom stereocenters. The lowest BCUT2D eigenvalue weighted by Crippen LogP contribution is -2.37. The van der Waals surface area contributed by atoms with Gasteiger partial charge in [0, 0.05) is 13.1 Å². The van der Waals surface area contributed by atoms with Gasteiger partial charge in [-0.25, -0.2) is 0 Å². The largest absolute Gasteiger partial charge is 0.306 e. The molecule has 1 heteroatoms. The van der Waals surface area contributed by atoms with Crippen molar-refractivity contribution in [2.24, 2.45) is 11.8 Å². The van der Waals surface area contributed by atoms with Crippen LogP contribution in [0.1, 0.15) is 20.3 Å². The van der Waals surface area contributed by atoms with Gasteiger partial charge in [-0.3, -0.25) is 0 Å². The van der Waals surface area contributed by atoms with E-state index in [4.69, 9.17) is 0 Å². The van der Waals surface area contributed by atoms with E-state index < -0.39 is 0 Å². The van der Waals surface area contributed by atoms with Gasteiger partial charge >= 0.3 is 0 Å². The highest BCUT2D eigenvalue weighted by Crippen LogP contribution is 2.24. The topological polar surface area (TPSA) is 3.24 Å². The third-order valence-electron chi connectivity index (χ3n) is 2.54. The molecule has 64 valence electrons. The normalized spacial score (nSPS) is 33.7. The fraction of sp³-hybridized carbons (Fsp3) is 0.800. The minimum atomic E-state index is 0.740. The van der Waals surface area contributed by atoms with Crippen LogP contribution in [0.2, 0.25) is 0 Å². The average molecular weight is 153 g/mol. The van der Waals surface area contributed by atoms with E-state index in [1.54, 1.807) is 0 Å². The van der Waals surface area contributed by atoms with E-state index in [9.17, 15) is 0 Å². The zero-order valence-corrected chi connectivity index (χ0v) is 7.93. The van der Waals surface area contributed by atoms with Gasteiger partial charge in [0.15, 0.2) is 0 Å². The SMILES string of the molecule is C=C(C)C1CC(C)CN(C)C1. The predicted octanol–water partition coefficient (Wildman–Crippen LogP) is 2.15. The molecule has 0 aromatic heterocycles. The van der Waals surface area contributed by atoms with Gasteiger partial charge in [0.05, 0.1) is 0 Å². The van der Waals surface area contributed by atoms with Crippen molar-refractivity contribution < 1.29 is 0 Å². The molecule has 1 nitrogen and oxygen atoms in total. The first-order chi connectivity index (χ1) is 5.09. The van der Waals surface area contributed by atoms with E-state index in [1.807, 2.05) is 0 Å². The molecule has 1 aliphatic heterocycles. The van der Waals surface area contributed by atoms with Crippen molar-refractivity contribution in [3.05, 3.63) is 12.2 Å². The standard InChI is InChI=1S/C10H19N/c1-8(2)10-5-9(3)6-11(4)7-10/h9-10H,1,5-7H2,2-4H3. The van der Waals surface area contributed by atoms with Crippen molar-refractivity contribution in [1.82, 2.24) is 4.90 Å². The highest BCUT2D eigenvalue weighted by molar-refractivity contribution is 4.99. The van der Waals surface area contributed by atoms with Crippen LogP contribution in [0.15, 0.2) is 12.2 Å². The molecule has 0 bridgehead atoms. The summed E-state index contributed by atoms with van der Waals surface area (Å²) in [6, 6.07) is 0. The quantitative estimate of drug-likeness (QED) is 0.522. The molecule has 0 radical (unpaired) electrons. The van der Waals surface area contributed by atoms with Crippen molar-refractivity contribution >= 4 is 0 Å². The monoisotopic (exact) mass is 153 g/mol. The summed E-state index contributed by atoms with van der Waals surface area (Å²) in [5, 5.41) is 0. The average Bonchev–Trinajstić information content (AvgIpc) is 1.85. The summed E-state index contributed by atoms with van der Waals surface area (Å²) in [4.78, 5) is 2.41. The van der Waals surface area contributed by atoms with Gasteiger partial charge in [-0.1, -0.05) is 19.1 Å². The highest BCUT2D eigenvalue weighted by Gasteiger charge is 2.22. The summed E-state index contributed by atoms with van der Waals surface area (Å²) in [6.45, 7) is 11.0. The second-order valence-corrected chi connectivity index (χ2v) is 4.11. The van der Waals surface area contributed by atoms with Crippen molar-refractivity contribution in [2.75, 3.05) is 20.1 Å². The third kappa shape index (κ3) is 2.33. The van der Waals surface area contributed by atoms with Crippen molar-refractivity contribution in [1.29, 1.82) is 0 Å². The Hall–Kier alpha value is -0.300. The van der Waals surface area contributed by atoms with Crippen LogP contribution in [-0.2, 0) is 0 Å². The lowest BCUT2D eigenvalue weighted by Gasteiger charge is -2.34.